The van der Waals surface area contributed by atoms with Gasteiger partial charge in [0.25, 0.3) is 0 Å². The van der Waals surface area contributed by atoms with Gasteiger partial charge < -0.3 is 10.2 Å². The van der Waals surface area contributed by atoms with Crippen LogP contribution in [0.4, 0.5) is 11.8 Å². The van der Waals surface area contributed by atoms with Crippen LogP contribution in [0.15, 0.2) is 41.7 Å². The first-order chi connectivity index (χ1) is 14.5. The Hall–Kier alpha value is -2.52. The largest absolute Gasteiger partial charge is 0.341 e. The molecule has 0 bridgehead atoms. The summed E-state index contributed by atoms with van der Waals surface area (Å²) in [6.07, 6.45) is 3.95. The average molecular weight is 446 g/mol. The first-order valence-corrected chi connectivity index (χ1v) is 11.3. The van der Waals surface area contributed by atoms with Crippen molar-refractivity contribution in [3.8, 4) is 5.69 Å². The molecule has 0 atom stereocenters. The van der Waals surface area contributed by atoms with Gasteiger partial charge in [0.1, 0.15) is 5.82 Å². The molecule has 1 aliphatic rings. The fraction of sp³-hybridized carbons (Fsp3) is 0.400. The van der Waals surface area contributed by atoms with Crippen LogP contribution in [0.25, 0.3) is 5.69 Å². The maximum Gasteiger partial charge on any atom is 0.235 e. The summed E-state index contributed by atoms with van der Waals surface area (Å²) in [6, 6.07) is 9.55. The second-order valence-corrected chi connectivity index (χ2v) is 8.76. The number of carbonyl (C=O) groups is 1. The topological polar surface area (TPSA) is 80.9 Å². The van der Waals surface area contributed by atoms with Gasteiger partial charge in [0.2, 0.25) is 11.9 Å². The first-order valence-electron chi connectivity index (χ1n) is 9.95. The Balaban J connectivity index is 1.53. The summed E-state index contributed by atoms with van der Waals surface area (Å²) in [5.41, 5.74) is 0.884. The molecule has 3 heterocycles. The fourth-order valence-corrected chi connectivity index (χ4v) is 4.38. The van der Waals surface area contributed by atoms with Gasteiger partial charge in [-0.25, -0.2) is 4.68 Å². The Bertz CT molecular complexity index is 1030. The van der Waals surface area contributed by atoms with Crippen molar-refractivity contribution < 1.29 is 4.79 Å². The van der Waals surface area contributed by atoms with Crippen LogP contribution in [0.5, 0.6) is 0 Å². The lowest BCUT2D eigenvalue weighted by molar-refractivity contribution is -0.113. The molecular formula is C20H24ClN7OS. The van der Waals surface area contributed by atoms with Gasteiger partial charge in [-0.15, -0.1) is 10.2 Å². The maximum atomic E-state index is 12.6. The number of nitrogens with one attached hydrogen (secondary N) is 1. The molecule has 2 aromatic heterocycles. The van der Waals surface area contributed by atoms with Crippen LogP contribution in [0.2, 0.25) is 5.02 Å². The lowest BCUT2D eigenvalue weighted by atomic mass is 10.3. The molecule has 0 unspecified atom stereocenters. The van der Waals surface area contributed by atoms with Crippen molar-refractivity contribution in [1.29, 1.82) is 0 Å². The number of halogens is 1. The third-order valence-corrected chi connectivity index (χ3v) is 5.99. The third kappa shape index (κ3) is 4.46. The normalized spacial score (nSPS) is 13.9. The van der Waals surface area contributed by atoms with E-state index < -0.39 is 0 Å². The SMILES string of the molecule is CC(C)n1nccc1NC(=O)CSc1nnc(N2CCCC2)n1-c1cccc(Cl)c1. The minimum Gasteiger partial charge on any atom is -0.341 e. The lowest BCUT2D eigenvalue weighted by Crippen LogP contribution is -2.22. The second kappa shape index (κ2) is 9.09. The Morgan fingerprint density at radius 3 is 2.77 bits per heavy atom. The summed E-state index contributed by atoms with van der Waals surface area (Å²) >= 11 is 7.58. The molecule has 0 spiro atoms. The molecule has 30 heavy (non-hydrogen) atoms. The Morgan fingerprint density at radius 2 is 2.03 bits per heavy atom. The molecule has 0 aliphatic carbocycles. The molecule has 8 nitrogen and oxygen atoms in total. The summed E-state index contributed by atoms with van der Waals surface area (Å²) in [4.78, 5) is 14.8. The minimum atomic E-state index is -0.120. The van der Waals surface area contributed by atoms with Crippen molar-refractivity contribution in [2.24, 2.45) is 0 Å². The van der Waals surface area contributed by atoms with Crippen molar-refractivity contribution in [1.82, 2.24) is 24.5 Å². The van der Waals surface area contributed by atoms with E-state index in [-0.39, 0.29) is 17.7 Å². The number of rotatable bonds is 7. The number of carbonyl (C=O) groups excluding carboxylic acids is 1. The van der Waals surface area contributed by atoms with Crippen molar-refractivity contribution in [3.05, 3.63) is 41.6 Å². The number of amides is 1. The van der Waals surface area contributed by atoms with Gasteiger partial charge in [0.05, 0.1) is 17.6 Å². The van der Waals surface area contributed by atoms with Gasteiger partial charge in [0.15, 0.2) is 5.16 Å². The summed E-state index contributed by atoms with van der Waals surface area (Å²) in [6.45, 7) is 5.93. The predicted molar refractivity (Wildman–Crippen MR) is 120 cm³/mol. The van der Waals surface area contributed by atoms with E-state index in [2.05, 4.69) is 25.5 Å². The minimum absolute atomic E-state index is 0.120. The van der Waals surface area contributed by atoms with Crippen LogP contribution in [-0.4, -0.2) is 49.3 Å². The van der Waals surface area contributed by atoms with Crippen LogP contribution < -0.4 is 10.2 Å². The highest BCUT2D eigenvalue weighted by Gasteiger charge is 2.23. The van der Waals surface area contributed by atoms with Gasteiger partial charge in [-0.1, -0.05) is 29.4 Å². The number of thioether (sulfide) groups is 1. The zero-order valence-electron chi connectivity index (χ0n) is 17.0. The molecule has 1 N–H and O–H groups in total. The third-order valence-electron chi connectivity index (χ3n) is 4.83. The molecule has 3 aromatic rings. The molecule has 1 aromatic carbocycles. The number of hydrogen-bond acceptors (Lipinski definition) is 6. The number of nitrogens with zero attached hydrogens (tertiary/aromatic N) is 6. The summed E-state index contributed by atoms with van der Waals surface area (Å²) < 4.78 is 3.76. The Morgan fingerprint density at radius 1 is 1.23 bits per heavy atom. The van der Waals surface area contributed by atoms with E-state index in [0.717, 1.165) is 37.6 Å². The smallest absolute Gasteiger partial charge is 0.235 e. The van der Waals surface area contributed by atoms with Crippen molar-refractivity contribution in [3.63, 3.8) is 0 Å². The van der Waals surface area contributed by atoms with E-state index >= 15 is 0 Å². The van der Waals surface area contributed by atoms with E-state index in [1.807, 2.05) is 42.7 Å². The predicted octanol–water partition coefficient (Wildman–Crippen LogP) is 4.03. The van der Waals surface area contributed by atoms with Gasteiger partial charge in [-0.3, -0.25) is 9.36 Å². The number of hydrogen-bond donors (Lipinski definition) is 1. The molecule has 1 aliphatic heterocycles. The molecular weight excluding hydrogens is 422 g/mol. The molecule has 0 radical (unpaired) electrons. The molecule has 0 saturated carbocycles. The van der Waals surface area contributed by atoms with Crippen LogP contribution >= 0.6 is 23.4 Å². The number of anilines is 2. The van der Waals surface area contributed by atoms with Crippen LogP contribution in [0, 0.1) is 0 Å². The van der Waals surface area contributed by atoms with Crippen molar-refractivity contribution in [2.45, 2.75) is 37.9 Å². The number of benzene rings is 1. The Labute approximate surface area is 184 Å². The summed E-state index contributed by atoms with van der Waals surface area (Å²) in [5.74, 6) is 1.56. The lowest BCUT2D eigenvalue weighted by Gasteiger charge is -2.18. The van der Waals surface area contributed by atoms with E-state index in [1.54, 1.807) is 16.9 Å². The second-order valence-electron chi connectivity index (χ2n) is 7.38. The van der Waals surface area contributed by atoms with Gasteiger partial charge in [0, 0.05) is 30.2 Å². The zero-order chi connectivity index (χ0) is 21.1. The highest BCUT2D eigenvalue weighted by atomic mass is 35.5. The molecule has 4 rings (SSSR count). The van der Waals surface area contributed by atoms with Crippen molar-refractivity contribution >= 4 is 41.0 Å². The molecule has 10 heteroatoms. The first kappa shape index (κ1) is 20.7. The maximum absolute atomic E-state index is 12.6. The monoisotopic (exact) mass is 445 g/mol. The number of aromatic nitrogens is 5. The summed E-state index contributed by atoms with van der Waals surface area (Å²) in [5, 5.41) is 17.3. The quantitative estimate of drug-likeness (QED) is 0.553. The van der Waals surface area contributed by atoms with E-state index in [1.165, 1.54) is 11.8 Å². The van der Waals surface area contributed by atoms with Gasteiger partial charge in [-0.2, -0.15) is 5.10 Å². The summed E-state index contributed by atoms with van der Waals surface area (Å²) in [7, 11) is 0. The zero-order valence-corrected chi connectivity index (χ0v) is 18.5. The van der Waals surface area contributed by atoms with E-state index in [0.29, 0.717) is 16.0 Å². The van der Waals surface area contributed by atoms with Crippen LogP contribution in [-0.2, 0) is 4.79 Å². The average Bonchev–Trinajstić information content (AvgIpc) is 3.46. The van der Waals surface area contributed by atoms with E-state index in [4.69, 9.17) is 11.6 Å². The molecule has 1 amide bonds. The van der Waals surface area contributed by atoms with Gasteiger partial charge in [-0.05, 0) is 44.9 Å². The molecule has 158 valence electrons. The highest BCUT2D eigenvalue weighted by Crippen LogP contribution is 2.29. The van der Waals surface area contributed by atoms with Crippen LogP contribution in [0.3, 0.4) is 0 Å². The molecule has 1 fully saturated rings. The highest BCUT2D eigenvalue weighted by molar-refractivity contribution is 7.99. The van der Waals surface area contributed by atoms with Crippen LogP contribution in [0.1, 0.15) is 32.7 Å². The fourth-order valence-electron chi connectivity index (χ4n) is 3.45. The Kier molecular flexibility index (Phi) is 6.29. The molecule has 1 saturated heterocycles. The van der Waals surface area contributed by atoms with Crippen molar-refractivity contribution in [2.75, 3.05) is 29.1 Å². The standard InChI is InChI=1S/C20H24ClN7OS/c1-14(2)28-17(8-9-22-28)23-18(29)13-30-20-25-24-19(26-10-3-4-11-26)27(20)16-7-5-6-15(21)12-16/h5-9,12,14H,3-4,10-11,13H2,1-2H3,(H,23,29). The van der Waals surface area contributed by atoms with Gasteiger partial charge >= 0.3 is 0 Å². The van der Waals surface area contributed by atoms with E-state index in [9.17, 15) is 4.79 Å².